The second kappa shape index (κ2) is 8.47. The molecular formula is C24H23N3O4S. The Morgan fingerprint density at radius 3 is 2.44 bits per heavy atom. The molecule has 0 aromatic heterocycles. The summed E-state index contributed by atoms with van der Waals surface area (Å²) < 4.78 is 25.2. The van der Waals surface area contributed by atoms with E-state index in [-0.39, 0.29) is 11.8 Å². The van der Waals surface area contributed by atoms with Crippen LogP contribution in [0.1, 0.15) is 31.8 Å². The van der Waals surface area contributed by atoms with Crippen LogP contribution in [0.4, 0.5) is 17.1 Å². The summed E-state index contributed by atoms with van der Waals surface area (Å²) in [6.45, 7) is 2.30. The Labute approximate surface area is 187 Å². The maximum absolute atomic E-state index is 12.9. The fraction of sp³-hybridized carbons (Fsp3) is 0.167. The van der Waals surface area contributed by atoms with Crippen LogP contribution in [0, 0.1) is 6.92 Å². The molecule has 2 amide bonds. The third-order valence-corrected chi connectivity index (χ3v) is 6.47. The van der Waals surface area contributed by atoms with Crippen LogP contribution in [-0.4, -0.2) is 33.0 Å². The summed E-state index contributed by atoms with van der Waals surface area (Å²) in [7, 11) is -3.35. The molecule has 0 fully saturated rings. The molecule has 32 heavy (non-hydrogen) atoms. The van der Waals surface area contributed by atoms with Crippen LogP contribution in [0.2, 0.25) is 0 Å². The lowest BCUT2D eigenvalue weighted by molar-refractivity contribution is 0.102. The van der Waals surface area contributed by atoms with Crippen molar-refractivity contribution in [2.45, 2.75) is 13.3 Å². The van der Waals surface area contributed by atoms with E-state index in [4.69, 9.17) is 0 Å². The standard InChI is InChI=1S/C24H23N3O4S/c1-16-6-5-7-19(14-16)25-24(29)20-8-3-4-9-21(20)26-23(28)18-10-11-22-17(15-18)12-13-27(22)32(2,30)31/h3-11,14-15H,12-13H2,1-2H3,(H,25,29)(H,26,28). The van der Waals surface area contributed by atoms with Gasteiger partial charge in [-0.25, -0.2) is 8.42 Å². The molecule has 0 unspecified atom stereocenters. The molecule has 0 radical (unpaired) electrons. The smallest absolute Gasteiger partial charge is 0.257 e. The molecule has 0 spiro atoms. The Bertz CT molecular complexity index is 1320. The number of benzene rings is 3. The number of hydrogen-bond donors (Lipinski definition) is 2. The van der Waals surface area contributed by atoms with E-state index < -0.39 is 10.0 Å². The number of carbonyl (C=O) groups is 2. The van der Waals surface area contributed by atoms with Gasteiger partial charge < -0.3 is 10.6 Å². The van der Waals surface area contributed by atoms with Gasteiger partial charge in [0.25, 0.3) is 11.8 Å². The zero-order chi connectivity index (χ0) is 22.9. The van der Waals surface area contributed by atoms with Crippen molar-refractivity contribution in [3.8, 4) is 0 Å². The van der Waals surface area contributed by atoms with Crippen LogP contribution in [0.5, 0.6) is 0 Å². The molecule has 1 aliphatic heterocycles. The highest BCUT2D eigenvalue weighted by atomic mass is 32.2. The lowest BCUT2D eigenvalue weighted by atomic mass is 10.1. The van der Waals surface area contributed by atoms with Gasteiger partial charge >= 0.3 is 0 Å². The molecule has 2 N–H and O–H groups in total. The van der Waals surface area contributed by atoms with Crippen LogP contribution in [-0.2, 0) is 16.4 Å². The van der Waals surface area contributed by atoms with E-state index in [1.807, 2.05) is 25.1 Å². The van der Waals surface area contributed by atoms with E-state index in [0.29, 0.717) is 41.2 Å². The Kier molecular flexibility index (Phi) is 5.71. The van der Waals surface area contributed by atoms with Gasteiger partial charge in [0.05, 0.1) is 23.2 Å². The lowest BCUT2D eigenvalue weighted by Crippen LogP contribution is -2.27. The molecule has 4 rings (SSSR count). The third-order valence-electron chi connectivity index (χ3n) is 5.29. The predicted octanol–water partition coefficient (Wildman–Crippen LogP) is 3.82. The van der Waals surface area contributed by atoms with Gasteiger partial charge in [-0.3, -0.25) is 13.9 Å². The molecule has 0 saturated heterocycles. The summed E-state index contributed by atoms with van der Waals surface area (Å²) in [6.07, 6.45) is 1.71. The zero-order valence-corrected chi connectivity index (χ0v) is 18.6. The van der Waals surface area contributed by atoms with Crippen LogP contribution in [0.25, 0.3) is 0 Å². The van der Waals surface area contributed by atoms with Crippen LogP contribution in [0.15, 0.2) is 66.7 Å². The molecule has 1 heterocycles. The lowest BCUT2D eigenvalue weighted by Gasteiger charge is -2.16. The average molecular weight is 450 g/mol. The molecular weight excluding hydrogens is 426 g/mol. The van der Waals surface area contributed by atoms with E-state index in [2.05, 4.69) is 10.6 Å². The summed E-state index contributed by atoms with van der Waals surface area (Å²) in [5.74, 6) is -0.703. The van der Waals surface area contributed by atoms with Gasteiger partial charge in [0, 0.05) is 17.8 Å². The second-order valence-corrected chi connectivity index (χ2v) is 9.66. The Morgan fingerprint density at radius 2 is 1.69 bits per heavy atom. The van der Waals surface area contributed by atoms with Crippen molar-refractivity contribution in [3.63, 3.8) is 0 Å². The number of fused-ring (bicyclic) bond motifs is 1. The number of amides is 2. The quantitative estimate of drug-likeness (QED) is 0.619. The fourth-order valence-electron chi connectivity index (χ4n) is 3.76. The highest BCUT2D eigenvalue weighted by Gasteiger charge is 2.27. The summed E-state index contributed by atoms with van der Waals surface area (Å²) in [5.41, 5.74) is 4.22. The molecule has 3 aromatic carbocycles. The molecule has 164 valence electrons. The summed E-state index contributed by atoms with van der Waals surface area (Å²) in [4.78, 5) is 25.7. The second-order valence-electron chi connectivity index (χ2n) is 7.75. The number of para-hydroxylation sites is 1. The number of anilines is 3. The minimum atomic E-state index is -3.35. The van der Waals surface area contributed by atoms with Crippen molar-refractivity contribution < 1.29 is 18.0 Å². The Balaban J connectivity index is 1.54. The summed E-state index contributed by atoms with van der Waals surface area (Å²) in [5, 5.41) is 5.66. The van der Waals surface area contributed by atoms with Gasteiger partial charge in [-0.2, -0.15) is 0 Å². The minimum Gasteiger partial charge on any atom is -0.322 e. The van der Waals surface area contributed by atoms with Crippen LogP contribution in [0.3, 0.4) is 0 Å². The number of carbonyl (C=O) groups excluding carboxylic acids is 2. The minimum absolute atomic E-state index is 0.329. The first-order valence-electron chi connectivity index (χ1n) is 10.1. The number of nitrogens with one attached hydrogen (secondary N) is 2. The van der Waals surface area contributed by atoms with Gasteiger partial charge in [0.15, 0.2) is 0 Å². The van der Waals surface area contributed by atoms with Gasteiger partial charge in [-0.1, -0.05) is 24.3 Å². The first-order valence-corrected chi connectivity index (χ1v) is 12.0. The first kappa shape index (κ1) is 21.6. The van der Waals surface area contributed by atoms with E-state index in [9.17, 15) is 18.0 Å². The van der Waals surface area contributed by atoms with Gasteiger partial charge in [0.1, 0.15) is 0 Å². The molecule has 3 aromatic rings. The molecule has 1 aliphatic rings. The number of rotatable bonds is 5. The highest BCUT2D eigenvalue weighted by Crippen LogP contribution is 2.31. The molecule has 0 saturated carbocycles. The van der Waals surface area contributed by atoms with Crippen molar-refractivity contribution in [1.82, 2.24) is 0 Å². The topological polar surface area (TPSA) is 95.6 Å². The van der Waals surface area contributed by atoms with Crippen molar-refractivity contribution in [1.29, 1.82) is 0 Å². The number of hydrogen-bond acceptors (Lipinski definition) is 4. The average Bonchev–Trinajstić information content (AvgIpc) is 3.18. The molecule has 0 aliphatic carbocycles. The number of sulfonamides is 1. The summed E-state index contributed by atoms with van der Waals surface area (Å²) in [6, 6.07) is 19.2. The number of aryl methyl sites for hydroxylation is 1. The molecule has 7 nitrogen and oxygen atoms in total. The SMILES string of the molecule is Cc1cccc(NC(=O)c2ccccc2NC(=O)c2ccc3c(c2)CCN3S(C)(=O)=O)c1. The molecule has 0 atom stereocenters. The highest BCUT2D eigenvalue weighted by molar-refractivity contribution is 7.92. The van der Waals surface area contributed by atoms with Gasteiger partial charge in [0.2, 0.25) is 10.0 Å². The van der Waals surface area contributed by atoms with Crippen molar-refractivity contribution in [3.05, 3.63) is 89.0 Å². The van der Waals surface area contributed by atoms with Gasteiger partial charge in [-0.05, 0) is 66.9 Å². The van der Waals surface area contributed by atoms with Gasteiger partial charge in [-0.15, -0.1) is 0 Å². The summed E-state index contributed by atoms with van der Waals surface area (Å²) >= 11 is 0. The monoisotopic (exact) mass is 449 g/mol. The van der Waals surface area contributed by atoms with E-state index in [1.165, 1.54) is 10.6 Å². The van der Waals surface area contributed by atoms with E-state index in [0.717, 1.165) is 11.1 Å². The predicted molar refractivity (Wildman–Crippen MR) is 126 cm³/mol. The first-order chi connectivity index (χ1) is 15.2. The van der Waals surface area contributed by atoms with E-state index in [1.54, 1.807) is 48.5 Å². The zero-order valence-electron chi connectivity index (χ0n) is 17.8. The van der Waals surface area contributed by atoms with Crippen LogP contribution < -0.4 is 14.9 Å². The molecule has 8 heteroatoms. The van der Waals surface area contributed by atoms with E-state index >= 15 is 0 Å². The normalized spacial score (nSPS) is 12.9. The van der Waals surface area contributed by atoms with Crippen molar-refractivity contribution in [2.75, 3.05) is 27.7 Å². The number of nitrogens with zero attached hydrogens (tertiary/aromatic N) is 1. The Morgan fingerprint density at radius 1 is 0.906 bits per heavy atom. The largest absolute Gasteiger partial charge is 0.322 e. The maximum Gasteiger partial charge on any atom is 0.257 e. The fourth-order valence-corrected chi connectivity index (χ4v) is 4.72. The van der Waals surface area contributed by atoms with Crippen molar-refractivity contribution >= 4 is 38.9 Å². The Hall–Kier alpha value is -3.65. The third kappa shape index (κ3) is 4.50. The van der Waals surface area contributed by atoms with Crippen molar-refractivity contribution in [2.24, 2.45) is 0 Å². The van der Waals surface area contributed by atoms with Crippen LogP contribution >= 0.6 is 0 Å². The molecule has 0 bridgehead atoms. The maximum atomic E-state index is 12.9.